The van der Waals surface area contributed by atoms with Crippen molar-refractivity contribution in [2.75, 3.05) is 0 Å². The summed E-state index contributed by atoms with van der Waals surface area (Å²) in [5.74, 6) is -0.448. The summed E-state index contributed by atoms with van der Waals surface area (Å²) in [5, 5.41) is 9.39. The van der Waals surface area contributed by atoms with Crippen molar-refractivity contribution in [2.45, 2.75) is 20.8 Å². The molecule has 0 aliphatic rings. The average molecular weight is 197 g/mol. The zero-order chi connectivity index (χ0) is 10.4. The first kappa shape index (κ1) is 12.1. The van der Waals surface area contributed by atoms with Gasteiger partial charge in [-0.15, -0.1) is 9.24 Å². The molecule has 0 spiro atoms. The summed E-state index contributed by atoms with van der Waals surface area (Å²) in [7, 11) is 2.46. The molecule has 0 saturated carbocycles. The number of hydrogen-bond donors (Lipinski definition) is 0. The largest absolute Gasteiger partial charge is 0.206 e. The van der Waals surface area contributed by atoms with Gasteiger partial charge in [0.1, 0.15) is 11.9 Å². The lowest BCUT2D eigenvalue weighted by Crippen LogP contribution is -2.01. The van der Waals surface area contributed by atoms with E-state index in [1.807, 2.05) is 19.9 Å². The van der Waals surface area contributed by atoms with Gasteiger partial charge in [-0.1, -0.05) is 19.9 Å². The normalized spacial score (nSPS) is 8.31. The topological polar surface area (TPSA) is 23.8 Å². The van der Waals surface area contributed by atoms with Gasteiger partial charge in [-0.2, -0.15) is 5.26 Å². The second-order valence-electron chi connectivity index (χ2n) is 2.25. The Morgan fingerprint density at radius 1 is 1.38 bits per heavy atom. The SMILES string of the molecule is CC.Cc1c(P)ccc(F)c1C#N. The summed E-state index contributed by atoms with van der Waals surface area (Å²) < 4.78 is 12.8. The van der Waals surface area contributed by atoms with Crippen LogP contribution in [0, 0.1) is 24.1 Å². The van der Waals surface area contributed by atoms with Crippen molar-refractivity contribution in [1.29, 1.82) is 5.26 Å². The van der Waals surface area contributed by atoms with Crippen LogP contribution in [0.15, 0.2) is 12.1 Å². The Bertz CT molecular complexity index is 328. The van der Waals surface area contributed by atoms with E-state index >= 15 is 0 Å². The van der Waals surface area contributed by atoms with Crippen LogP contribution in [0.5, 0.6) is 0 Å². The highest BCUT2D eigenvalue weighted by atomic mass is 31.0. The van der Waals surface area contributed by atoms with Gasteiger partial charge in [0.25, 0.3) is 0 Å². The van der Waals surface area contributed by atoms with Gasteiger partial charge in [0, 0.05) is 0 Å². The maximum atomic E-state index is 12.8. The number of benzene rings is 1. The van der Waals surface area contributed by atoms with Crippen molar-refractivity contribution in [3.05, 3.63) is 29.1 Å². The second kappa shape index (κ2) is 5.67. The van der Waals surface area contributed by atoms with Gasteiger partial charge >= 0.3 is 0 Å². The van der Waals surface area contributed by atoms with Crippen LogP contribution in [0.3, 0.4) is 0 Å². The van der Waals surface area contributed by atoms with Gasteiger partial charge in [-0.05, 0) is 23.9 Å². The molecule has 0 aromatic heterocycles. The van der Waals surface area contributed by atoms with Crippen LogP contribution in [-0.2, 0) is 0 Å². The van der Waals surface area contributed by atoms with Gasteiger partial charge in [-0.25, -0.2) is 4.39 Å². The molecule has 1 aromatic carbocycles. The molecule has 1 atom stereocenters. The Kier molecular flexibility index (Phi) is 5.26. The first-order chi connectivity index (χ1) is 6.16. The molecule has 0 fully saturated rings. The third-order valence-electron chi connectivity index (χ3n) is 1.57. The maximum Gasteiger partial charge on any atom is 0.141 e. The molecule has 1 aromatic rings. The molecule has 0 amide bonds. The third-order valence-corrected chi connectivity index (χ3v) is 2.19. The lowest BCUT2D eigenvalue weighted by molar-refractivity contribution is 0.623. The van der Waals surface area contributed by atoms with Crippen molar-refractivity contribution in [3.8, 4) is 6.07 Å². The lowest BCUT2D eigenvalue weighted by atomic mass is 10.1. The fraction of sp³-hybridized carbons (Fsp3) is 0.300. The molecule has 0 bridgehead atoms. The minimum Gasteiger partial charge on any atom is -0.206 e. The van der Waals surface area contributed by atoms with Crippen molar-refractivity contribution in [3.63, 3.8) is 0 Å². The summed E-state index contributed by atoms with van der Waals surface area (Å²) in [6, 6.07) is 4.75. The van der Waals surface area contributed by atoms with Crippen molar-refractivity contribution < 1.29 is 4.39 Å². The van der Waals surface area contributed by atoms with Crippen LogP contribution in [0.1, 0.15) is 25.0 Å². The van der Waals surface area contributed by atoms with E-state index in [-0.39, 0.29) is 5.56 Å². The summed E-state index contributed by atoms with van der Waals surface area (Å²) in [6.07, 6.45) is 0. The molecule has 0 heterocycles. The highest BCUT2D eigenvalue weighted by Gasteiger charge is 2.05. The molecular formula is C10H13FNP. The van der Waals surface area contributed by atoms with Crippen LogP contribution >= 0.6 is 9.24 Å². The fourth-order valence-corrected chi connectivity index (χ4v) is 1.07. The molecule has 1 unspecified atom stereocenters. The van der Waals surface area contributed by atoms with E-state index in [0.717, 1.165) is 5.30 Å². The molecule has 0 aliphatic carbocycles. The van der Waals surface area contributed by atoms with E-state index in [1.165, 1.54) is 6.07 Å². The zero-order valence-corrected chi connectivity index (χ0v) is 9.21. The number of rotatable bonds is 0. The lowest BCUT2D eigenvalue weighted by Gasteiger charge is -2.01. The Morgan fingerprint density at radius 3 is 2.31 bits per heavy atom. The Balaban J connectivity index is 0.000000671. The van der Waals surface area contributed by atoms with E-state index in [0.29, 0.717) is 5.56 Å². The van der Waals surface area contributed by atoms with Crippen LogP contribution in [-0.4, -0.2) is 0 Å². The van der Waals surface area contributed by atoms with Gasteiger partial charge < -0.3 is 0 Å². The standard InChI is InChI=1S/C8H7FNP.C2H6/c1-5-6(4-10)7(9)2-3-8(5)11;1-2/h2-3H,11H2,1H3;1-2H3. The minimum absolute atomic E-state index is 0.137. The first-order valence-corrected chi connectivity index (χ1v) is 4.69. The molecule has 70 valence electrons. The monoisotopic (exact) mass is 197 g/mol. The summed E-state index contributed by atoms with van der Waals surface area (Å²) >= 11 is 0. The first-order valence-electron chi connectivity index (χ1n) is 4.11. The van der Waals surface area contributed by atoms with Crippen LogP contribution < -0.4 is 5.30 Å². The molecular weight excluding hydrogens is 184 g/mol. The highest BCUT2D eigenvalue weighted by molar-refractivity contribution is 7.27. The highest BCUT2D eigenvalue weighted by Crippen LogP contribution is 2.10. The van der Waals surface area contributed by atoms with E-state index in [9.17, 15) is 4.39 Å². The zero-order valence-electron chi connectivity index (χ0n) is 8.06. The van der Waals surface area contributed by atoms with Gasteiger partial charge in [0.2, 0.25) is 0 Å². The minimum atomic E-state index is -0.448. The smallest absolute Gasteiger partial charge is 0.141 e. The number of nitrogens with zero attached hydrogens (tertiary/aromatic N) is 1. The molecule has 13 heavy (non-hydrogen) atoms. The Morgan fingerprint density at radius 2 is 1.92 bits per heavy atom. The molecule has 3 heteroatoms. The summed E-state index contributed by atoms with van der Waals surface area (Å²) in [4.78, 5) is 0. The van der Waals surface area contributed by atoms with Crippen molar-refractivity contribution >= 4 is 14.5 Å². The number of nitriles is 1. The quantitative estimate of drug-likeness (QED) is 0.586. The predicted octanol–water partition coefficient (Wildman–Crippen LogP) is 2.53. The Hall–Kier alpha value is -0.930. The van der Waals surface area contributed by atoms with E-state index in [1.54, 1.807) is 13.0 Å². The van der Waals surface area contributed by atoms with E-state index in [2.05, 4.69) is 9.24 Å². The molecule has 1 nitrogen and oxygen atoms in total. The summed E-state index contributed by atoms with van der Waals surface area (Å²) in [5.41, 5.74) is 0.829. The van der Waals surface area contributed by atoms with Crippen LogP contribution in [0.2, 0.25) is 0 Å². The Labute approximate surface area is 80.8 Å². The second-order valence-corrected chi connectivity index (χ2v) is 2.87. The van der Waals surface area contributed by atoms with Crippen LogP contribution in [0.4, 0.5) is 4.39 Å². The maximum absolute atomic E-state index is 12.8. The molecule has 0 radical (unpaired) electrons. The fourth-order valence-electron chi connectivity index (χ4n) is 0.832. The molecule has 1 rings (SSSR count). The average Bonchev–Trinajstić information content (AvgIpc) is 2.16. The molecule has 0 aliphatic heterocycles. The van der Waals surface area contributed by atoms with E-state index in [4.69, 9.17) is 5.26 Å². The van der Waals surface area contributed by atoms with Crippen LogP contribution in [0.25, 0.3) is 0 Å². The van der Waals surface area contributed by atoms with Crippen molar-refractivity contribution in [1.82, 2.24) is 0 Å². The van der Waals surface area contributed by atoms with Gasteiger partial charge in [0.05, 0.1) is 5.56 Å². The molecule has 0 N–H and O–H groups in total. The van der Waals surface area contributed by atoms with Gasteiger partial charge in [-0.3, -0.25) is 0 Å². The predicted molar refractivity (Wildman–Crippen MR) is 56.5 cm³/mol. The number of halogens is 1. The van der Waals surface area contributed by atoms with Gasteiger partial charge in [0.15, 0.2) is 0 Å². The number of hydrogen-bond acceptors (Lipinski definition) is 1. The third kappa shape index (κ3) is 2.79. The van der Waals surface area contributed by atoms with E-state index < -0.39 is 5.82 Å². The summed E-state index contributed by atoms with van der Waals surface area (Å²) in [6.45, 7) is 5.73. The van der Waals surface area contributed by atoms with Crippen molar-refractivity contribution in [2.24, 2.45) is 0 Å². The molecule has 0 saturated heterocycles.